The summed E-state index contributed by atoms with van der Waals surface area (Å²) in [5, 5.41) is 8.52. The van der Waals surface area contributed by atoms with E-state index in [1.165, 1.54) is 7.05 Å². The molecule has 3 aliphatic rings. The van der Waals surface area contributed by atoms with Crippen molar-refractivity contribution in [3.63, 3.8) is 0 Å². The van der Waals surface area contributed by atoms with Gasteiger partial charge in [0.15, 0.2) is 0 Å². The molecule has 178 valence electrons. The predicted molar refractivity (Wildman–Crippen MR) is 121 cm³/mol. The largest absolute Gasteiger partial charge is 0.427 e. The fourth-order valence-electron chi connectivity index (χ4n) is 5.46. The summed E-state index contributed by atoms with van der Waals surface area (Å²) in [5.41, 5.74) is -0.373. The molecule has 2 heterocycles. The highest BCUT2D eigenvalue weighted by atomic mass is 16.6. The van der Waals surface area contributed by atoms with E-state index in [1.807, 2.05) is 27.7 Å². The van der Waals surface area contributed by atoms with Gasteiger partial charge >= 0.3 is 12.1 Å². The maximum absolute atomic E-state index is 13.5. The number of urea groups is 1. The summed E-state index contributed by atoms with van der Waals surface area (Å²) < 4.78 is 5.65. The minimum atomic E-state index is -1.42. The van der Waals surface area contributed by atoms with Gasteiger partial charge in [0.1, 0.15) is 6.54 Å². The molecule has 0 aromatic heterocycles. The zero-order valence-corrected chi connectivity index (χ0v) is 19.7. The van der Waals surface area contributed by atoms with Crippen LogP contribution in [0.3, 0.4) is 0 Å². The van der Waals surface area contributed by atoms with Crippen LogP contribution in [-0.4, -0.2) is 71.5 Å². The van der Waals surface area contributed by atoms with Gasteiger partial charge in [0, 0.05) is 37.8 Å². The number of hydrogen-bond acceptors (Lipinski definition) is 6. The highest BCUT2D eigenvalue weighted by molar-refractivity contribution is 6.06. The number of ether oxygens (including phenoxy) is 1. The Morgan fingerprint density at radius 2 is 1.79 bits per heavy atom. The molecule has 2 saturated heterocycles. The number of piperazine rings is 1. The minimum Gasteiger partial charge on any atom is -0.427 e. The molecule has 1 spiro atoms. The molecule has 5 amide bonds. The van der Waals surface area contributed by atoms with Crippen molar-refractivity contribution < 1.29 is 23.9 Å². The van der Waals surface area contributed by atoms with E-state index in [1.54, 1.807) is 23.1 Å². The lowest BCUT2D eigenvalue weighted by Gasteiger charge is -2.53. The van der Waals surface area contributed by atoms with Crippen LogP contribution in [-0.2, 0) is 26.3 Å². The van der Waals surface area contributed by atoms with Gasteiger partial charge in [-0.2, -0.15) is 0 Å². The molecular weight excluding hydrogens is 426 g/mol. The number of carbonyl (C=O) groups is 4. The average Bonchev–Trinajstić information content (AvgIpc) is 3.19. The second-order valence-corrected chi connectivity index (χ2v) is 10.1. The van der Waals surface area contributed by atoms with Gasteiger partial charge in [-0.25, -0.2) is 14.5 Å². The monoisotopic (exact) mass is 457 g/mol. The highest BCUT2D eigenvalue weighted by Crippen LogP contribution is 2.46. The SMILES string of the molecule is CNC(=O)Nc1ccc2c(c1)CC[C@@]21OC(=O)N(CC(=O)N2C(C)(C)CNCC2(C)C)C1=O. The van der Waals surface area contributed by atoms with Gasteiger partial charge in [-0.3, -0.25) is 9.59 Å². The van der Waals surface area contributed by atoms with Gasteiger partial charge in [0.25, 0.3) is 5.91 Å². The molecule has 1 aromatic carbocycles. The number of amides is 5. The lowest BCUT2D eigenvalue weighted by molar-refractivity contribution is -0.151. The fourth-order valence-corrected chi connectivity index (χ4v) is 5.46. The first kappa shape index (κ1) is 23.0. The molecule has 0 saturated carbocycles. The van der Waals surface area contributed by atoms with Crippen molar-refractivity contribution in [3.8, 4) is 0 Å². The summed E-state index contributed by atoms with van der Waals surface area (Å²) >= 11 is 0. The third kappa shape index (κ3) is 3.72. The highest BCUT2D eigenvalue weighted by Gasteiger charge is 2.59. The van der Waals surface area contributed by atoms with Crippen LogP contribution in [0.1, 0.15) is 45.2 Å². The van der Waals surface area contributed by atoms with E-state index >= 15 is 0 Å². The quantitative estimate of drug-likeness (QED) is 0.634. The van der Waals surface area contributed by atoms with Crippen molar-refractivity contribution in [1.29, 1.82) is 0 Å². The Bertz CT molecular complexity index is 1020. The summed E-state index contributed by atoms with van der Waals surface area (Å²) in [7, 11) is 1.52. The van der Waals surface area contributed by atoms with Gasteiger partial charge in [0.2, 0.25) is 11.5 Å². The van der Waals surface area contributed by atoms with Crippen molar-refractivity contribution in [3.05, 3.63) is 29.3 Å². The first-order valence-electron chi connectivity index (χ1n) is 11.1. The molecule has 1 atom stereocenters. The number of carbonyl (C=O) groups excluding carboxylic acids is 4. The van der Waals surface area contributed by atoms with Crippen molar-refractivity contribution in [2.75, 3.05) is 32.0 Å². The number of benzene rings is 1. The topological polar surface area (TPSA) is 120 Å². The van der Waals surface area contributed by atoms with Crippen molar-refractivity contribution in [2.24, 2.45) is 0 Å². The average molecular weight is 458 g/mol. The van der Waals surface area contributed by atoms with E-state index in [2.05, 4.69) is 16.0 Å². The maximum Gasteiger partial charge on any atom is 0.418 e. The summed E-state index contributed by atoms with van der Waals surface area (Å²) in [6.07, 6.45) is 0.00243. The molecule has 0 bridgehead atoms. The van der Waals surface area contributed by atoms with E-state index < -0.39 is 28.7 Å². The summed E-state index contributed by atoms with van der Waals surface area (Å²) in [4.78, 5) is 53.9. The molecule has 1 aliphatic carbocycles. The summed E-state index contributed by atoms with van der Waals surface area (Å²) in [6.45, 7) is 8.71. The third-order valence-corrected chi connectivity index (χ3v) is 6.71. The number of fused-ring (bicyclic) bond motifs is 2. The Hall–Kier alpha value is -3.14. The summed E-state index contributed by atoms with van der Waals surface area (Å²) in [5.74, 6) is -0.811. The van der Waals surface area contributed by atoms with E-state index in [0.29, 0.717) is 37.2 Å². The van der Waals surface area contributed by atoms with Gasteiger partial charge in [0.05, 0.1) is 11.1 Å². The second kappa shape index (κ2) is 7.72. The first-order valence-corrected chi connectivity index (χ1v) is 11.1. The second-order valence-electron chi connectivity index (χ2n) is 10.1. The Morgan fingerprint density at radius 3 is 2.42 bits per heavy atom. The molecule has 3 N–H and O–H groups in total. The number of rotatable bonds is 3. The maximum atomic E-state index is 13.5. The molecule has 33 heavy (non-hydrogen) atoms. The van der Waals surface area contributed by atoms with Crippen LogP contribution in [0.15, 0.2) is 18.2 Å². The first-order chi connectivity index (χ1) is 15.4. The smallest absolute Gasteiger partial charge is 0.418 e. The predicted octanol–water partition coefficient (Wildman–Crippen LogP) is 1.55. The van der Waals surface area contributed by atoms with E-state index in [-0.39, 0.29) is 18.5 Å². The number of aryl methyl sites for hydroxylation is 1. The summed E-state index contributed by atoms with van der Waals surface area (Å²) in [6, 6.07) is 4.79. The Balaban J connectivity index is 1.57. The van der Waals surface area contributed by atoms with E-state index in [0.717, 1.165) is 10.5 Å². The van der Waals surface area contributed by atoms with Crippen LogP contribution in [0, 0.1) is 0 Å². The Kier molecular flexibility index (Phi) is 5.39. The van der Waals surface area contributed by atoms with Gasteiger partial charge in [-0.05, 0) is 51.8 Å². The number of anilines is 1. The minimum absolute atomic E-state index is 0.294. The zero-order valence-electron chi connectivity index (χ0n) is 19.7. The molecule has 2 fully saturated rings. The number of imide groups is 1. The lowest BCUT2D eigenvalue weighted by atomic mass is 9.88. The zero-order chi connectivity index (χ0) is 24.2. The third-order valence-electron chi connectivity index (χ3n) is 6.71. The van der Waals surface area contributed by atoms with Crippen LogP contribution >= 0.6 is 0 Å². The molecule has 2 aliphatic heterocycles. The molecule has 4 rings (SSSR count). The lowest BCUT2D eigenvalue weighted by Crippen LogP contribution is -2.70. The standard InChI is InChI=1S/C23H31N5O5/c1-21(2)12-25-13-22(3,4)28(21)17(29)11-27-18(30)23(33-20(27)32)9-8-14-10-15(6-7-16(14)23)26-19(31)24-5/h6-7,10,25H,8-9,11-13H2,1-5H3,(H2,24,26,31)/t23-/m1/s1. The van der Waals surface area contributed by atoms with Crippen molar-refractivity contribution in [2.45, 2.75) is 57.2 Å². The molecule has 10 nitrogen and oxygen atoms in total. The molecule has 10 heteroatoms. The Labute approximate surface area is 193 Å². The Morgan fingerprint density at radius 1 is 1.12 bits per heavy atom. The van der Waals surface area contributed by atoms with Crippen molar-refractivity contribution >= 4 is 29.6 Å². The fraction of sp³-hybridized carbons (Fsp3) is 0.565. The van der Waals surface area contributed by atoms with Gasteiger partial charge < -0.3 is 25.6 Å². The molecule has 1 aromatic rings. The number of nitrogens with zero attached hydrogens (tertiary/aromatic N) is 2. The van der Waals surface area contributed by atoms with Crippen LogP contribution in [0.5, 0.6) is 0 Å². The van der Waals surface area contributed by atoms with E-state index in [9.17, 15) is 19.2 Å². The molecule has 0 radical (unpaired) electrons. The van der Waals surface area contributed by atoms with Crippen molar-refractivity contribution in [1.82, 2.24) is 20.4 Å². The van der Waals surface area contributed by atoms with Crippen LogP contribution < -0.4 is 16.0 Å². The number of nitrogens with one attached hydrogen (secondary N) is 3. The molecular formula is C23H31N5O5. The van der Waals surface area contributed by atoms with E-state index in [4.69, 9.17) is 4.74 Å². The normalized spacial score (nSPS) is 25.1. The van der Waals surface area contributed by atoms with Gasteiger partial charge in [-0.1, -0.05) is 6.07 Å². The van der Waals surface area contributed by atoms with Crippen LogP contribution in [0.25, 0.3) is 0 Å². The number of hydrogen-bond donors (Lipinski definition) is 3. The van der Waals surface area contributed by atoms with Crippen LogP contribution in [0.2, 0.25) is 0 Å². The molecule has 0 unspecified atom stereocenters. The van der Waals surface area contributed by atoms with Gasteiger partial charge in [-0.15, -0.1) is 0 Å². The van der Waals surface area contributed by atoms with Crippen LogP contribution in [0.4, 0.5) is 15.3 Å².